The highest BCUT2D eigenvalue weighted by Crippen LogP contribution is 2.23. The molecule has 0 radical (unpaired) electrons. The number of carbonyl (C=O) groups excluding carboxylic acids is 2. The zero-order chi connectivity index (χ0) is 15.5. The van der Waals surface area contributed by atoms with Gasteiger partial charge in [0.2, 0.25) is 11.8 Å². The third-order valence-corrected chi connectivity index (χ3v) is 4.64. The zero-order valence-electron chi connectivity index (χ0n) is 12.4. The number of hydrazone groups is 1. The molecule has 0 unspecified atom stereocenters. The van der Waals surface area contributed by atoms with Crippen LogP contribution in [0.5, 0.6) is 0 Å². The van der Waals surface area contributed by atoms with E-state index < -0.39 is 4.75 Å². The minimum absolute atomic E-state index is 0.0231. The van der Waals surface area contributed by atoms with E-state index in [1.165, 1.54) is 11.8 Å². The van der Waals surface area contributed by atoms with Gasteiger partial charge >= 0.3 is 0 Å². The summed E-state index contributed by atoms with van der Waals surface area (Å²) in [5.41, 5.74) is 5.05. The summed E-state index contributed by atoms with van der Waals surface area (Å²) in [6.07, 6.45) is 3.01. The Bertz CT molecular complexity index is 579. The lowest BCUT2D eigenvalue weighted by Gasteiger charge is -2.21. The highest BCUT2D eigenvalue weighted by molar-refractivity contribution is 8.00. The van der Waals surface area contributed by atoms with E-state index >= 15 is 0 Å². The molecule has 2 amide bonds. The van der Waals surface area contributed by atoms with Crippen molar-refractivity contribution < 1.29 is 9.59 Å². The minimum Gasteiger partial charge on any atom is -0.325 e. The maximum absolute atomic E-state index is 12.1. The Balaban J connectivity index is 2.06. The number of carbonyl (C=O) groups is 2. The van der Waals surface area contributed by atoms with E-state index in [2.05, 4.69) is 15.8 Å². The van der Waals surface area contributed by atoms with Crippen molar-refractivity contribution in [2.75, 3.05) is 11.6 Å². The number of benzene rings is 1. The fourth-order valence-electron chi connectivity index (χ4n) is 1.80. The average Bonchev–Trinajstić information content (AvgIpc) is 2.49. The van der Waals surface area contributed by atoms with Crippen molar-refractivity contribution in [1.29, 1.82) is 0 Å². The molecular weight excluding hydrogens is 286 g/mol. The number of thioether (sulfide) groups is 1. The van der Waals surface area contributed by atoms with Gasteiger partial charge in [-0.15, -0.1) is 11.8 Å². The molecular formula is C15H19N3O2S. The summed E-state index contributed by atoms with van der Waals surface area (Å²) in [4.78, 5) is 23.2. The summed E-state index contributed by atoms with van der Waals surface area (Å²) in [5.74, 6) is -0.0769. The summed E-state index contributed by atoms with van der Waals surface area (Å²) in [6, 6.07) is 7.50. The molecule has 0 atom stereocenters. The third kappa shape index (κ3) is 3.85. The molecule has 0 saturated heterocycles. The van der Waals surface area contributed by atoms with Crippen molar-refractivity contribution in [1.82, 2.24) is 5.43 Å². The maximum atomic E-state index is 12.1. The molecule has 6 heteroatoms. The van der Waals surface area contributed by atoms with Crippen LogP contribution in [0.4, 0.5) is 5.69 Å². The quantitative estimate of drug-likeness (QED) is 0.897. The molecule has 1 heterocycles. The van der Waals surface area contributed by atoms with Gasteiger partial charge in [0, 0.05) is 18.5 Å². The van der Waals surface area contributed by atoms with E-state index in [9.17, 15) is 9.59 Å². The molecule has 1 aliphatic heterocycles. The molecule has 0 aromatic heterocycles. The van der Waals surface area contributed by atoms with Gasteiger partial charge in [0.1, 0.15) is 0 Å². The Morgan fingerprint density at radius 2 is 1.95 bits per heavy atom. The van der Waals surface area contributed by atoms with Crippen LogP contribution < -0.4 is 10.7 Å². The number of hydrogen-bond acceptors (Lipinski definition) is 4. The summed E-state index contributed by atoms with van der Waals surface area (Å²) < 4.78 is -0.462. The standard InChI is InChI=1S/C15H19N3O2S/c1-15(2,21-3)14(20)16-11-6-4-10(5-7-11)12-8-9-13(19)18-17-12/h4-7H,8-9H2,1-3H3,(H,16,20)(H,18,19). The topological polar surface area (TPSA) is 70.6 Å². The molecule has 1 aromatic rings. The van der Waals surface area contributed by atoms with Gasteiger partial charge < -0.3 is 5.32 Å². The van der Waals surface area contributed by atoms with Crippen molar-refractivity contribution >= 4 is 35.0 Å². The Labute approximate surface area is 128 Å². The van der Waals surface area contributed by atoms with E-state index in [4.69, 9.17) is 0 Å². The van der Waals surface area contributed by atoms with Crippen molar-refractivity contribution in [3.8, 4) is 0 Å². The van der Waals surface area contributed by atoms with Crippen LogP contribution in [0.25, 0.3) is 0 Å². The molecule has 2 rings (SSSR count). The lowest BCUT2D eigenvalue weighted by Crippen LogP contribution is -2.33. The predicted octanol–water partition coefficient (Wildman–Crippen LogP) is 2.38. The van der Waals surface area contributed by atoms with Gasteiger partial charge in [-0.3, -0.25) is 9.59 Å². The van der Waals surface area contributed by atoms with Gasteiger partial charge in [-0.1, -0.05) is 12.1 Å². The maximum Gasteiger partial charge on any atom is 0.240 e. The SMILES string of the molecule is CSC(C)(C)C(=O)Nc1ccc(C2=NNC(=O)CC2)cc1. The van der Waals surface area contributed by atoms with Crippen LogP contribution in [-0.4, -0.2) is 28.5 Å². The minimum atomic E-state index is -0.462. The fraction of sp³-hybridized carbons (Fsp3) is 0.400. The number of nitrogens with one attached hydrogen (secondary N) is 2. The van der Waals surface area contributed by atoms with Crippen molar-refractivity contribution in [3.63, 3.8) is 0 Å². The molecule has 1 aromatic carbocycles. The molecule has 0 spiro atoms. The molecule has 1 aliphatic rings. The van der Waals surface area contributed by atoms with Gasteiger partial charge in [0.05, 0.1) is 10.5 Å². The summed E-state index contributed by atoms with van der Waals surface area (Å²) in [5, 5.41) is 6.95. The zero-order valence-corrected chi connectivity index (χ0v) is 13.2. The van der Waals surface area contributed by atoms with Crippen molar-refractivity contribution in [2.24, 2.45) is 5.10 Å². The van der Waals surface area contributed by atoms with Crippen LogP contribution >= 0.6 is 11.8 Å². The summed E-state index contributed by atoms with van der Waals surface area (Å²) in [6.45, 7) is 3.78. The van der Waals surface area contributed by atoms with Crippen LogP contribution in [0.3, 0.4) is 0 Å². The van der Waals surface area contributed by atoms with Crippen molar-refractivity contribution in [2.45, 2.75) is 31.4 Å². The van der Waals surface area contributed by atoms with Gasteiger partial charge in [-0.2, -0.15) is 5.10 Å². The number of amides is 2. The molecule has 112 valence electrons. The molecule has 0 bridgehead atoms. The van der Waals surface area contributed by atoms with Gasteiger partial charge in [-0.25, -0.2) is 5.43 Å². The van der Waals surface area contributed by atoms with Crippen LogP contribution in [-0.2, 0) is 9.59 Å². The number of nitrogens with zero attached hydrogens (tertiary/aromatic N) is 1. The van der Waals surface area contributed by atoms with Crippen LogP contribution in [0.2, 0.25) is 0 Å². The Morgan fingerprint density at radius 3 is 2.48 bits per heavy atom. The normalized spacial score (nSPS) is 15.2. The number of anilines is 1. The van der Waals surface area contributed by atoms with Crippen LogP contribution in [0, 0.1) is 0 Å². The summed E-state index contributed by atoms with van der Waals surface area (Å²) >= 11 is 1.51. The highest BCUT2D eigenvalue weighted by atomic mass is 32.2. The number of hydrogen-bond donors (Lipinski definition) is 2. The average molecular weight is 305 g/mol. The van der Waals surface area contributed by atoms with E-state index in [0.29, 0.717) is 12.8 Å². The summed E-state index contributed by atoms with van der Waals surface area (Å²) in [7, 11) is 0. The second-order valence-corrected chi connectivity index (χ2v) is 6.77. The van der Waals surface area contributed by atoms with Crippen LogP contribution in [0.15, 0.2) is 29.4 Å². The second-order valence-electron chi connectivity index (χ2n) is 5.34. The monoisotopic (exact) mass is 305 g/mol. The first kappa shape index (κ1) is 15.6. The van der Waals surface area contributed by atoms with Crippen LogP contribution in [0.1, 0.15) is 32.3 Å². The molecule has 21 heavy (non-hydrogen) atoms. The van der Waals surface area contributed by atoms with E-state index in [1.807, 2.05) is 44.4 Å². The molecule has 5 nitrogen and oxygen atoms in total. The highest BCUT2D eigenvalue weighted by Gasteiger charge is 2.26. The van der Waals surface area contributed by atoms with Gasteiger partial charge in [-0.05, 0) is 37.8 Å². The fourth-order valence-corrected chi connectivity index (χ4v) is 2.04. The van der Waals surface area contributed by atoms with E-state index in [1.54, 1.807) is 0 Å². The Morgan fingerprint density at radius 1 is 1.29 bits per heavy atom. The van der Waals surface area contributed by atoms with Gasteiger partial charge in [0.25, 0.3) is 0 Å². The van der Waals surface area contributed by atoms with E-state index in [-0.39, 0.29) is 11.8 Å². The van der Waals surface area contributed by atoms with Gasteiger partial charge in [0.15, 0.2) is 0 Å². The molecule has 2 N–H and O–H groups in total. The second kappa shape index (κ2) is 6.30. The first-order valence-corrected chi connectivity index (χ1v) is 7.97. The number of rotatable bonds is 4. The predicted molar refractivity (Wildman–Crippen MR) is 86.6 cm³/mol. The lowest BCUT2D eigenvalue weighted by molar-refractivity contribution is -0.121. The Kier molecular flexibility index (Phi) is 4.67. The van der Waals surface area contributed by atoms with E-state index in [0.717, 1.165) is 17.0 Å². The first-order chi connectivity index (χ1) is 9.92. The van der Waals surface area contributed by atoms with Crippen molar-refractivity contribution in [3.05, 3.63) is 29.8 Å². The third-order valence-electron chi connectivity index (χ3n) is 3.44. The smallest absolute Gasteiger partial charge is 0.240 e. The molecule has 0 aliphatic carbocycles. The molecule has 0 fully saturated rings. The largest absolute Gasteiger partial charge is 0.325 e. The first-order valence-electron chi connectivity index (χ1n) is 6.75. The molecule has 0 saturated carbocycles. The Hall–Kier alpha value is -1.82. The lowest BCUT2D eigenvalue weighted by atomic mass is 10.0.